The van der Waals surface area contributed by atoms with Gasteiger partial charge in [0, 0.05) is 18.8 Å². The van der Waals surface area contributed by atoms with Crippen molar-refractivity contribution >= 4 is 34.6 Å². The Hall–Kier alpha value is -1.05. The van der Waals surface area contributed by atoms with E-state index in [1.165, 1.54) is 12.1 Å². The molecule has 0 aliphatic heterocycles. The summed E-state index contributed by atoms with van der Waals surface area (Å²) in [5.74, 6) is 0. The van der Waals surface area contributed by atoms with Gasteiger partial charge in [-0.1, -0.05) is 11.6 Å². The molecule has 0 unspecified atom stereocenters. The van der Waals surface area contributed by atoms with Gasteiger partial charge in [-0.05, 0) is 50.7 Å². The lowest BCUT2D eigenvalue weighted by Gasteiger charge is -2.14. The maximum atomic E-state index is 12.7. The summed E-state index contributed by atoms with van der Waals surface area (Å²) >= 11 is 10.6. The highest BCUT2D eigenvalue weighted by Gasteiger charge is 2.33. The van der Waals surface area contributed by atoms with Crippen molar-refractivity contribution in [2.45, 2.75) is 32.5 Å². The average molecular weight is 355 g/mol. The molecular formula is C14H18ClF3N2OS. The lowest BCUT2D eigenvalue weighted by molar-refractivity contribution is -0.137. The van der Waals surface area contributed by atoms with E-state index in [1.54, 1.807) is 0 Å². The van der Waals surface area contributed by atoms with Crippen LogP contribution in [0.5, 0.6) is 0 Å². The number of alkyl halides is 3. The fraction of sp³-hybridized carbons (Fsp3) is 0.500. The molecule has 0 aliphatic carbocycles. The Morgan fingerprint density at radius 3 is 2.64 bits per heavy atom. The van der Waals surface area contributed by atoms with Crippen molar-refractivity contribution in [1.82, 2.24) is 5.32 Å². The lowest BCUT2D eigenvalue weighted by atomic mass is 10.2. The molecule has 0 heterocycles. The first kappa shape index (κ1) is 19.0. The van der Waals surface area contributed by atoms with Crippen LogP contribution in [0.2, 0.25) is 5.02 Å². The van der Waals surface area contributed by atoms with E-state index in [2.05, 4.69) is 10.6 Å². The van der Waals surface area contributed by atoms with Gasteiger partial charge in [-0.3, -0.25) is 0 Å². The van der Waals surface area contributed by atoms with E-state index < -0.39 is 11.7 Å². The lowest BCUT2D eigenvalue weighted by Crippen LogP contribution is -2.30. The first-order chi connectivity index (χ1) is 10.2. The first-order valence-electron chi connectivity index (χ1n) is 6.73. The minimum atomic E-state index is -4.50. The first-order valence-corrected chi connectivity index (χ1v) is 7.52. The molecule has 22 heavy (non-hydrogen) atoms. The summed E-state index contributed by atoms with van der Waals surface area (Å²) in [6.45, 7) is 5.04. The molecule has 0 radical (unpaired) electrons. The van der Waals surface area contributed by atoms with Crippen LogP contribution < -0.4 is 10.6 Å². The molecule has 1 aromatic carbocycles. The highest BCUT2D eigenvalue weighted by Crippen LogP contribution is 2.36. The van der Waals surface area contributed by atoms with E-state index in [9.17, 15) is 13.2 Å². The van der Waals surface area contributed by atoms with Gasteiger partial charge in [-0.25, -0.2) is 0 Å². The van der Waals surface area contributed by atoms with Crippen molar-refractivity contribution in [3.63, 3.8) is 0 Å². The Balaban J connectivity index is 2.48. The number of halogens is 4. The largest absolute Gasteiger partial charge is 0.417 e. The third-order valence-corrected chi connectivity index (χ3v) is 3.16. The van der Waals surface area contributed by atoms with Gasteiger partial charge in [0.25, 0.3) is 0 Å². The van der Waals surface area contributed by atoms with E-state index in [4.69, 9.17) is 28.6 Å². The molecule has 8 heteroatoms. The maximum Gasteiger partial charge on any atom is 0.417 e. The van der Waals surface area contributed by atoms with Crippen LogP contribution in [0, 0.1) is 0 Å². The summed E-state index contributed by atoms with van der Waals surface area (Å²) in [6.07, 6.45) is -3.59. The second kappa shape index (κ2) is 8.55. The van der Waals surface area contributed by atoms with Crippen LogP contribution in [0.4, 0.5) is 18.9 Å². The van der Waals surface area contributed by atoms with Crippen molar-refractivity contribution in [2.75, 3.05) is 18.5 Å². The van der Waals surface area contributed by atoms with Crippen molar-refractivity contribution in [3.8, 4) is 0 Å². The predicted octanol–water partition coefficient (Wildman–Crippen LogP) is 4.46. The number of nitrogens with one attached hydrogen (secondary N) is 2. The number of ether oxygens (including phenoxy) is 1. The van der Waals surface area contributed by atoms with Gasteiger partial charge in [0.1, 0.15) is 0 Å². The molecule has 0 fully saturated rings. The fourth-order valence-corrected chi connectivity index (χ4v) is 2.03. The molecule has 0 aromatic heterocycles. The van der Waals surface area contributed by atoms with Gasteiger partial charge < -0.3 is 15.4 Å². The van der Waals surface area contributed by atoms with Crippen molar-refractivity contribution in [1.29, 1.82) is 0 Å². The molecule has 1 rings (SSSR count). The zero-order chi connectivity index (χ0) is 16.8. The van der Waals surface area contributed by atoms with Crippen LogP contribution in [0.15, 0.2) is 18.2 Å². The second-order valence-corrected chi connectivity index (χ2v) is 5.66. The number of thiocarbonyl (C=S) groups is 1. The fourth-order valence-electron chi connectivity index (χ4n) is 1.59. The highest BCUT2D eigenvalue weighted by molar-refractivity contribution is 7.80. The van der Waals surface area contributed by atoms with Gasteiger partial charge in [0.15, 0.2) is 5.11 Å². The van der Waals surface area contributed by atoms with Crippen LogP contribution in [0.3, 0.4) is 0 Å². The molecular weight excluding hydrogens is 337 g/mol. The van der Waals surface area contributed by atoms with Crippen LogP contribution in [-0.4, -0.2) is 24.4 Å². The average Bonchev–Trinajstić information content (AvgIpc) is 2.39. The van der Waals surface area contributed by atoms with E-state index in [0.29, 0.717) is 13.2 Å². The van der Waals surface area contributed by atoms with Crippen LogP contribution in [0.1, 0.15) is 25.8 Å². The summed E-state index contributed by atoms with van der Waals surface area (Å²) in [6, 6.07) is 3.55. The molecule has 0 spiro atoms. The topological polar surface area (TPSA) is 33.3 Å². The number of hydrogen-bond donors (Lipinski definition) is 2. The van der Waals surface area contributed by atoms with E-state index >= 15 is 0 Å². The van der Waals surface area contributed by atoms with Gasteiger partial charge >= 0.3 is 6.18 Å². The summed E-state index contributed by atoms with van der Waals surface area (Å²) in [5, 5.41) is 5.51. The molecule has 0 aliphatic rings. The summed E-state index contributed by atoms with van der Waals surface area (Å²) in [4.78, 5) is 0. The minimum absolute atomic E-state index is 0.167. The Labute approximate surface area is 138 Å². The molecule has 0 bridgehead atoms. The number of rotatable bonds is 6. The zero-order valence-corrected chi connectivity index (χ0v) is 13.8. The standard InChI is InChI=1S/C14H18ClF3N2OS/c1-9(2)21-7-3-6-19-13(22)20-10-4-5-12(15)11(8-10)14(16,17)18/h4-5,8-9H,3,6-7H2,1-2H3,(H2,19,20,22). The Morgan fingerprint density at radius 1 is 1.36 bits per heavy atom. The Bertz CT molecular complexity index is 509. The molecule has 0 saturated heterocycles. The van der Waals surface area contributed by atoms with Gasteiger partial charge in [0.05, 0.1) is 16.7 Å². The van der Waals surface area contributed by atoms with Crippen molar-refractivity contribution in [2.24, 2.45) is 0 Å². The normalized spacial score (nSPS) is 11.6. The molecule has 0 atom stereocenters. The van der Waals surface area contributed by atoms with Crippen LogP contribution in [-0.2, 0) is 10.9 Å². The summed E-state index contributed by atoms with van der Waals surface area (Å²) in [5.41, 5.74) is -0.667. The van der Waals surface area contributed by atoms with Crippen molar-refractivity contribution < 1.29 is 17.9 Å². The quantitative estimate of drug-likeness (QED) is 0.583. The van der Waals surface area contributed by atoms with Gasteiger partial charge in [-0.15, -0.1) is 0 Å². The van der Waals surface area contributed by atoms with Crippen molar-refractivity contribution in [3.05, 3.63) is 28.8 Å². The van der Waals surface area contributed by atoms with Gasteiger partial charge in [-0.2, -0.15) is 13.2 Å². The number of benzene rings is 1. The van der Waals surface area contributed by atoms with Gasteiger partial charge in [0.2, 0.25) is 0 Å². The Kier molecular flexibility index (Phi) is 7.38. The summed E-state index contributed by atoms with van der Waals surface area (Å²) < 4.78 is 43.6. The van der Waals surface area contributed by atoms with E-state index in [0.717, 1.165) is 12.5 Å². The third kappa shape index (κ3) is 6.81. The van der Waals surface area contributed by atoms with E-state index in [1.807, 2.05) is 13.8 Å². The smallest absolute Gasteiger partial charge is 0.379 e. The molecule has 2 N–H and O–H groups in total. The maximum absolute atomic E-state index is 12.7. The summed E-state index contributed by atoms with van der Waals surface area (Å²) in [7, 11) is 0. The molecule has 0 saturated carbocycles. The van der Waals surface area contributed by atoms with E-state index in [-0.39, 0.29) is 21.9 Å². The highest BCUT2D eigenvalue weighted by atomic mass is 35.5. The predicted molar refractivity (Wildman–Crippen MR) is 86.4 cm³/mol. The minimum Gasteiger partial charge on any atom is -0.379 e. The Morgan fingerprint density at radius 2 is 2.05 bits per heavy atom. The SMILES string of the molecule is CC(C)OCCCNC(=S)Nc1ccc(Cl)c(C(F)(F)F)c1. The monoisotopic (exact) mass is 354 g/mol. The van der Waals surface area contributed by atoms with Crippen LogP contribution >= 0.6 is 23.8 Å². The van der Waals surface area contributed by atoms with Crippen LogP contribution in [0.25, 0.3) is 0 Å². The zero-order valence-electron chi connectivity index (χ0n) is 12.3. The molecule has 124 valence electrons. The molecule has 1 aromatic rings. The molecule has 0 amide bonds. The second-order valence-electron chi connectivity index (χ2n) is 4.85. The molecule has 3 nitrogen and oxygen atoms in total. The number of hydrogen-bond acceptors (Lipinski definition) is 2. The number of anilines is 1. The third-order valence-electron chi connectivity index (χ3n) is 2.59.